The van der Waals surface area contributed by atoms with E-state index in [9.17, 15) is 4.79 Å². The van der Waals surface area contributed by atoms with Gasteiger partial charge in [0, 0.05) is 44.0 Å². The van der Waals surface area contributed by atoms with Gasteiger partial charge in [0.1, 0.15) is 5.76 Å². The van der Waals surface area contributed by atoms with Crippen LogP contribution in [0.25, 0.3) is 0 Å². The maximum atomic E-state index is 13.1. The summed E-state index contributed by atoms with van der Waals surface area (Å²) < 4.78 is 7.79. The SMILES string of the molecule is O=C(c1ccc(Cn2ccnc2)o1)N1CC2CNCC2(CCc2ccccc2)C1. The number of hydrogen-bond acceptors (Lipinski definition) is 4. The van der Waals surface area contributed by atoms with Crippen LogP contribution in [0.2, 0.25) is 0 Å². The highest BCUT2D eigenvalue weighted by atomic mass is 16.4. The number of fused-ring (bicyclic) bond motifs is 1. The lowest BCUT2D eigenvalue weighted by atomic mass is 9.76. The molecule has 2 fully saturated rings. The zero-order chi connectivity index (χ0) is 19.7. The normalized spacial score (nSPS) is 23.4. The summed E-state index contributed by atoms with van der Waals surface area (Å²) in [6.07, 6.45) is 7.52. The number of likely N-dealkylation sites (tertiary alicyclic amines) is 1. The van der Waals surface area contributed by atoms with E-state index in [0.717, 1.165) is 44.8 Å². The first-order chi connectivity index (χ1) is 14.2. The van der Waals surface area contributed by atoms with Gasteiger partial charge in [-0.2, -0.15) is 0 Å². The Balaban J connectivity index is 1.26. The lowest BCUT2D eigenvalue weighted by Gasteiger charge is -2.28. The van der Waals surface area contributed by atoms with Gasteiger partial charge in [-0.25, -0.2) is 4.98 Å². The molecule has 150 valence electrons. The van der Waals surface area contributed by atoms with Crippen molar-refractivity contribution in [2.45, 2.75) is 19.4 Å². The topological polar surface area (TPSA) is 63.3 Å². The number of aryl methyl sites for hydroxylation is 1. The molecule has 1 amide bonds. The summed E-state index contributed by atoms with van der Waals surface area (Å²) in [6.45, 7) is 4.16. The fourth-order valence-corrected chi connectivity index (χ4v) is 4.87. The maximum Gasteiger partial charge on any atom is 0.289 e. The van der Waals surface area contributed by atoms with E-state index in [2.05, 4.69) is 40.6 Å². The molecule has 0 bridgehead atoms. The Morgan fingerprint density at radius 2 is 2.14 bits per heavy atom. The van der Waals surface area contributed by atoms with Crippen LogP contribution >= 0.6 is 0 Å². The fraction of sp³-hybridized carbons (Fsp3) is 0.391. The number of carbonyl (C=O) groups is 1. The third-order valence-corrected chi connectivity index (χ3v) is 6.49. The highest BCUT2D eigenvalue weighted by Gasteiger charge is 2.50. The Labute approximate surface area is 170 Å². The molecule has 3 aromatic rings. The second kappa shape index (κ2) is 7.52. The van der Waals surface area contributed by atoms with Crippen LogP contribution in [0, 0.1) is 11.3 Å². The van der Waals surface area contributed by atoms with Crippen molar-refractivity contribution < 1.29 is 9.21 Å². The van der Waals surface area contributed by atoms with Crippen LogP contribution in [-0.2, 0) is 13.0 Å². The Morgan fingerprint density at radius 3 is 2.97 bits per heavy atom. The van der Waals surface area contributed by atoms with Crippen molar-refractivity contribution in [3.63, 3.8) is 0 Å². The van der Waals surface area contributed by atoms with Gasteiger partial charge in [-0.3, -0.25) is 4.79 Å². The van der Waals surface area contributed by atoms with Crippen molar-refractivity contribution in [1.29, 1.82) is 0 Å². The number of imidazole rings is 1. The zero-order valence-electron chi connectivity index (χ0n) is 16.5. The number of amides is 1. The second-order valence-electron chi connectivity index (χ2n) is 8.36. The summed E-state index contributed by atoms with van der Waals surface area (Å²) in [5, 5.41) is 3.56. The minimum Gasteiger partial charge on any atom is -0.454 e. The smallest absolute Gasteiger partial charge is 0.289 e. The molecule has 6 heteroatoms. The van der Waals surface area contributed by atoms with Crippen molar-refractivity contribution >= 4 is 5.91 Å². The molecule has 0 radical (unpaired) electrons. The molecule has 0 saturated carbocycles. The van der Waals surface area contributed by atoms with Gasteiger partial charge in [0.2, 0.25) is 0 Å². The van der Waals surface area contributed by atoms with Crippen molar-refractivity contribution in [2.75, 3.05) is 26.2 Å². The summed E-state index contributed by atoms with van der Waals surface area (Å²) in [5.74, 6) is 1.73. The third-order valence-electron chi connectivity index (χ3n) is 6.49. The Bertz CT molecular complexity index is 966. The Hall–Kier alpha value is -2.86. The summed E-state index contributed by atoms with van der Waals surface area (Å²) in [7, 11) is 0. The highest BCUT2D eigenvalue weighted by Crippen LogP contribution is 2.43. The molecule has 1 N–H and O–H groups in total. The number of rotatable bonds is 6. The predicted molar refractivity (Wildman–Crippen MR) is 109 cm³/mol. The largest absolute Gasteiger partial charge is 0.454 e. The molecule has 2 atom stereocenters. The van der Waals surface area contributed by atoms with E-state index in [1.54, 1.807) is 18.6 Å². The first-order valence-electron chi connectivity index (χ1n) is 10.3. The van der Waals surface area contributed by atoms with Crippen LogP contribution < -0.4 is 5.32 Å². The summed E-state index contributed by atoms with van der Waals surface area (Å²) in [6, 6.07) is 14.3. The maximum absolute atomic E-state index is 13.1. The molecule has 2 aromatic heterocycles. The van der Waals surface area contributed by atoms with Gasteiger partial charge in [0.05, 0.1) is 12.9 Å². The van der Waals surface area contributed by atoms with Crippen LogP contribution in [0.3, 0.4) is 0 Å². The van der Waals surface area contributed by atoms with Crippen molar-refractivity contribution in [2.24, 2.45) is 11.3 Å². The first-order valence-corrected chi connectivity index (χ1v) is 10.3. The number of carbonyl (C=O) groups excluding carboxylic acids is 1. The molecule has 2 aliphatic rings. The molecule has 2 aliphatic heterocycles. The summed E-state index contributed by atoms with van der Waals surface area (Å²) in [4.78, 5) is 19.1. The summed E-state index contributed by atoms with van der Waals surface area (Å²) >= 11 is 0. The van der Waals surface area contributed by atoms with Crippen LogP contribution in [0.15, 0.2) is 65.6 Å². The Morgan fingerprint density at radius 1 is 1.24 bits per heavy atom. The lowest BCUT2D eigenvalue weighted by molar-refractivity contribution is 0.0735. The van der Waals surface area contributed by atoms with E-state index in [1.807, 2.05) is 21.7 Å². The molecule has 6 nitrogen and oxygen atoms in total. The van der Waals surface area contributed by atoms with Crippen LogP contribution in [0.4, 0.5) is 0 Å². The monoisotopic (exact) mass is 390 g/mol. The molecule has 5 rings (SSSR count). The second-order valence-corrected chi connectivity index (χ2v) is 8.36. The molecular formula is C23H26N4O2. The molecule has 0 aliphatic carbocycles. The Kier molecular flexibility index (Phi) is 4.72. The quantitative estimate of drug-likeness (QED) is 0.703. The van der Waals surface area contributed by atoms with Crippen molar-refractivity contribution in [1.82, 2.24) is 19.8 Å². The molecule has 29 heavy (non-hydrogen) atoms. The number of nitrogens with zero attached hydrogens (tertiary/aromatic N) is 3. The van der Waals surface area contributed by atoms with Crippen molar-refractivity contribution in [3.8, 4) is 0 Å². The van der Waals surface area contributed by atoms with Gasteiger partial charge < -0.3 is 19.2 Å². The molecule has 1 aromatic carbocycles. The minimum atomic E-state index is 0.00960. The van der Waals surface area contributed by atoms with E-state index in [0.29, 0.717) is 18.2 Å². The molecule has 4 heterocycles. The lowest BCUT2D eigenvalue weighted by Crippen LogP contribution is -2.35. The number of hydrogen-bond donors (Lipinski definition) is 1. The van der Waals surface area contributed by atoms with E-state index in [1.165, 1.54) is 5.56 Å². The van der Waals surface area contributed by atoms with E-state index >= 15 is 0 Å². The van der Waals surface area contributed by atoms with Crippen LogP contribution in [-0.4, -0.2) is 46.5 Å². The third kappa shape index (κ3) is 3.60. The van der Waals surface area contributed by atoms with Gasteiger partial charge in [-0.1, -0.05) is 30.3 Å². The number of furan rings is 1. The van der Waals surface area contributed by atoms with E-state index < -0.39 is 0 Å². The number of benzene rings is 1. The van der Waals surface area contributed by atoms with E-state index in [-0.39, 0.29) is 11.3 Å². The number of nitrogens with one attached hydrogen (secondary N) is 1. The minimum absolute atomic E-state index is 0.00960. The van der Waals surface area contributed by atoms with Gasteiger partial charge in [0.25, 0.3) is 5.91 Å². The average Bonchev–Trinajstić information content (AvgIpc) is 3.51. The zero-order valence-corrected chi connectivity index (χ0v) is 16.5. The first kappa shape index (κ1) is 18.2. The van der Waals surface area contributed by atoms with Crippen molar-refractivity contribution in [3.05, 3.63) is 78.3 Å². The fourth-order valence-electron chi connectivity index (χ4n) is 4.87. The van der Waals surface area contributed by atoms with Gasteiger partial charge in [-0.15, -0.1) is 0 Å². The van der Waals surface area contributed by atoms with E-state index in [4.69, 9.17) is 4.42 Å². The standard InChI is InChI=1S/C23H26N4O2/c28-22(21-7-6-20(29-21)14-26-11-10-24-17-26)27-13-19-12-25-15-23(19,16-27)9-8-18-4-2-1-3-5-18/h1-7,10-11,17,19,25H,8-9,12-16H2. The number of aromatic nitrogens is 2. The molecule has 2 saturated heterocycles. The van der Waals surface area contributed by atoms with Gasteiger partial charge in [-0.05, 0) is 36.5 Å². The summed E-state index contributed by atoms with van der Waals surface area (Å²) in [5.41, 5.74) is 1.53. The highest BCUT2D eigenvalue weighted by molar-refractivity contribution is 5.91. The van der Waals surface area contributed by atoms with Crippen LogP contribution in [0.5, 0.6) is 0 Å². The van der Waals surface area contributed by atoms with Gasteiger partial charge >= 0.3 is 0 Å². The van der Waals surface area contributed by atoms with Gasteiger partial charge in [0.15, 0.2) is 5.76 Å². The predicted octanol–water partition coefficient (Wildman–Crippen LogP) is 2.82. The van der Waals surface area contributed by atoms with Crippen LogP contribution in [0.1, 0.15) is 28.3 Å². The molecular weight excluding hydrogens is 364 g/mol. The average molecular weight is 390 g/mol. The molecule has 2 unspecified atom stereocenters. The molecule has 0 spiro atoms.